The van der Waals surface area contributed by atoms with Crippen molar-refractivity contribution >= 4 is 12.0 Å². The molecular weight excluding hydrogens is 248 g/mol. The van der Waals surface area contributed by atoms with Gasteiger partial charge in [-0.25, -0.2) is 4.79 Å². The Labute approximate surface area is 114 Å². The molecule has 0 spiro atoms. The van der Waals surface area contributed by atoms with E-state index in [0.717, 1.165) is 12.8 Å². The molecule has 2 amide bonds. The number of carboxylic acids is 1. The molecule has 19 heavy (non-hydrogen) atoms. The Balaban J connectivity index is 2.34. The average molecular weight is 272 g/mol. The van der Waals surface area contributed by atoms with E-state index in [1.54, 1.807) is 0 Å². The van der Waals surface area contributed by atoms with Gasteiger partial charge in [0.25, 0.3) is 0 Å². The number of hydrogen-bond donors (Lipinski definition) is 2. The number of hydrogen-bond acceptors (Lipinski definition) is 3. The Morgan fingerprint density at radius 1 is 1.32 bits per heavy atom. The van der Waals surface area contributed by atoms with Crippen LogP contribution in [0.1, 0.15) is 32.1 Å². The largest absolute Gasteiger partial charge is 0.480 e. The van der Waals surface area contributed by atoms with E-state index in [-0.39, 0.29) is 12.6 Å². The number of nitrogens with zero attached hydrogens (tertiary/aromatic N) is 1. The summed E-state index contributed by atoms with van der Waals surface area (Å²) in [4.78, 5) is 23.9. The maximum atomic E-state index is 11.9. The van der Waals surface area contributed by atoms with Gasteiger partial charge >= 0.3 is 12.0 Å². The summed E-state index contributed by atoms with van der Waals surface area (Å²) < 4.78 is 4.88. The molecule has 1 fully saturated rings. The number of carbonyl (C=O) groups excluding carboxylic acids is 1. The highest BCUT2D eigenvalue weighted by Gasteiger charge is 2.19. The van der Waals surface area contributed by atoms with Crippen LogP contribution in [0.15, 0.2) is 0 Å². The normalized spacial score (nSPS) is 16.1. The maximum Gasteiger partial charge on any atom is 0.323 e. The van der Waals surface area contributed by atoms with Gasteiger partial charge in [-0.2, -0.15) is 0 Å². The van der Waals surface area contributed by atoms with Crippen molar-refractivity contribution in [1.82, 2.24) is 10.2 Å². The molecule has 1 aliphatic rings. The van der Waals surface area contributed by atoms with Crippen molar-refractivity contribution in [3.05, 3.63) is 0 Å². The predicted octanol–water partition coefficient (Wildman–Crippen LogP) is 1.31. The summed E-state index contributed by atoms with van der Waals surface area (Å²) in [5.74, 6) is -0.476. The minimum atomic E-state index is -1.01. The van der Waals surface area contributed by atoms with Crippen LogP contribution in [0.4, 0.5) is 4.79 Å². The van der Waals surface area contributed by atoms with Gasteiger partial charge in [0, 0.05) is 20.2 Å². The topological polar surface area (TPSA) is 78.9 Å². The van der Waals surface area contributed by atoms with Crippen LogP contribution < -0.4 is 5.32 Å². The molecule has 0 aromatic rings. The molecule has 0 saturated heterocycles. The molecule has 0 aromatic heterocycles. The van der Waals surface area contributed by atoms with Crippen LogP contribution in [0.2, 0.25) is 0 Å². The number of carbonyl (C=O) groups is 2. The fraction of sp³-hybridized carbons (Fsp3) is 0.846. The maximum absolute atomic E-state index is 11.9. The first-order valence-corrected chi connectivity index (χ1v) is 6.87. The summed E-state index contributed by atoms with van der Waals surface area (Å²) in [6.45, 7) is 0.977. The quantitative estimate of drug-likeness (QED) is 0.732. The number of nitrogens with one attached hydrogen (secondary N) is 1. The third kappa shape index (κ3) is 6.42. The van der Waals surface area contributed by atoms with Crippen molar-refractivity contribution in [3.63, 3.8) is 0 Å². The fourth-order valence-corrected chi connectivity index (χ4v) is 2.35. The molecule has 0 unspecified atom stereocenters. The second-order valence-electron chi connectivity index (χ2n) is 5.00. The van der Waals surface area contributed by atoms with E-state index in [2.05, 4.69) is 5.32 Å². The molecule has 6 heteroatoms. The number of rotatable bonds is 7. The van der Waals surface area contributed by atoms with Crippen LogP contribution in [-0.4, -0.2) is 55.4 Å². The molecule has 1 rings (SSSR count). The molecule has 1 aliphatic carbocycles. The number of ether oxygens (including phenoxy) is 1. The van der Waals surface area contributed by atoms with Crippen molar-refractivity contribution < 1.29 is 19.4 Å². The summed E-state index contributed by atoms with van der Waals surface area (Å²) in [6.07, 6.45) is 6.03. The summed E-state index contributed by atoms with van der Waals surface area (Å²) in [5.41, 5.74) is 0. The zero-order chi connectivity index (χ0) is 14.1. The second-order valence-corrected chi connectivity index (χ2v) is 5.00. The molecule has 0 aliphatic heterocycles. The molecule has 0 heterocycles. The van der Waals surface area contributed by atoms with Crippen molar-refractivity contribution in [2.45, 2.75) is 32.1 Å². The van der Waals surface area contributed by atoms with Crippen LogP contribution in [0, 0.1) is 5.92 Å². The first kappa shape index (κ1) is 15.8. The number of carboxylic acid groups (broad SMARTS) is 1. The van der Waals surface area contributed by atoms with Gasteiger partial charge in [0.1, 0.15) is 6.54 Å². The minimum Gasteiger partial charge on any atom is -0.480 e. The fourth-order valence-electron chi connectivity index (χ4n) is 2.35. The van der Waals surface area contributed by atoms with Gasteiger partial charge < -0.3 is 20.1 Å². The zero-order valence-electron chi connectivity index (χ0n) is 11.6. The van der Waals surface area contributed by atoms with Crippen LogP contribution >= 0.6 is 0 Å². The third-order valence-corrected chi connectivity index (χ3v) is 3.45. The van der Waals surface area contributed by atoms with E-state index < -0.39 is 5.97 Å². The van der Waals surface area contributed by atoms with Gasteiger partial charge in [-0.1, -0.05) is 19.3 Å². The van der Waals surface area contributed by atoms with Crippen LogP contribution in [0.3, 0.4) is 0 Å². The molecule has 110 valence electrons. The Kier molecular flexibility index (Phi) is 7.25. The van der Waals surface area contributed by atoms with E-state index in [4.69, 9.17) is 9.84 Å². The molecule has 1 saturated carbocycles. The van der Waals surface area contributed by atoms with E-state index >= 15 is 0 Å². The highest BCUT2D eigenvalue weighted by atomic mass is 16.5. The van der Waals surface area contributed by atoms with Crippen LogP contribution in [-0.2, 0) is 9.53 Å². The molecule has 6 nitrogen and oxygen atoms in total. The van der Waals surface area contributed by atoms with Crippen molar-refractivity contribution in [3.8, 4) is 0 Å². The SMILES string of the molecule is COCCN(CC(=O)O)C(=O)NCC1CCCCC1. The Morgan fingerprint density at radius 2 is 2.00 bits per heavy atom. The summed E-state index contributed by atoms with van der Waals surface area (Å²) in [6, 6.07) is -0.315. The van der Waals surface area contributed by atoms with Gasteiger partial charge in [-0.3, -0.25) is 4.79 Å². The summed E-state index contributed by atoms with van der Waals surface area (Å²) in [7, 11) is 1.53. The van der Waals surface area contributed by atoms with Gasteiger partial charge in [0.05, 0.1) is 6.61 Å². The zero-order valence-corrected chi connectivity index (χ0v) is 11.6. The van der Waals surface area contributed by atoms with Crippen molar-refractivity contribution in [2.75, 3.05) is 33.4 Å². The number of amides is 2. The van der Waals surface area contributed by atoms with Crippen molar-refractivity contribution in [2.24, 2.45) is 5.92 Å². The molecular formula is C13H24N2O4. The van der Waals surface area contributed by atoms with Crippen LogP contribution in [0.5, 0.6) is 0 Å². The number of methoxy groups -OCH3 is 1. The minimum absolute atomic E-state index is 0.291. The monoisotopic (exact) mass is 272 g/mol. The van der Waals surface area contributed by atoms with Gasteiger partial charge in [0.15, 0.2) is 0 Å². The first-order valence-electron chi connectivity index (χ1n) is 6.87. The van der Waals surface area contributed by atoms with E-state index in [1.165, 1.54) is 31.3 Å². The molecule has 0 aromatic carbocycles. The van der Waals surface area contributed by atoms with Crippen molar-refractivity contribution in [1.29, 1.82) is 0 Å². The number of urea groups is 1. The lowest BCUT2D eigenvalue weighted by Crippen LogP contribution is -2.45. The Bertz CT molecular complexity index is 290. The summed E-state index contributed by atoms with van der Waals surface area (Å²) >= 11 is 0. The third-order valence-electron chi connectivity index (χ3n) is 3.45. The Morgan fingerprint density at radius 3 is 2.58 bits per heavy atom. The smallest absolute Gasteiger partial charge is 0.323 e. The molecule has 0 atom stereocenters. The Hall–Kier alpha value is -1.30. The lowest BCUT2D eigenvalue weighted by molar-refractivity contribution is -0.137. The van der Waals surface area contributed by atoms with Gasteiger partial charge in [-0.05, 0) is 18.8 Å². The van der Waals surface area contributed by atoms with Gasteiger partial charge in [-0.15, -0.1) is 0 Å². The highest BCUT2D eigenvalue weighted by molar-refractivity contribution is 5.80. The second kappa shape index (κ2) is 8.74. The van der Waals surface area contributed by atoms with E-state index in [1.807, 2.05) is 0 Å². The molecule has 0 bridgehead atoms. The molecule has 2 N–H and O–H groups in total. The standard InChI is InChI=1S/C13H24N2O4/c1-19-8-7-15(10-12(16)17)13(18)14-9-11-5-3-2-4-6-11/h11H,2-10H2,1H3,(H,14,18)(H,16,17). The highest BCUT2D eigenvalue weighted by Crippen LogP contribution is 2.22. The van der Waals surface area contributed by atoms with E-state index in [0.29, 0.717) is 25.6 Å². The van der Waals surface area contributed by atoms with Crippen LogP contribution in [0.25, 0.3) is 0 Å². The molecule has 0 radical (unpaired) electrons. The van der Waals surface area contributed by atoms with Gasteiger partial charge in [0.2, 0.25) is 0 Å². The predicted molar refractivity (Wildman–Crippen MR) is 71.1 cm³/mol. The number of aliphatic carboxylic acids is 1. The lowest BCUT2D eigenvalue weighted by atomic mass is 9.89. The summed E-state index contributed by atoms with van der Waals surface area (Å²) in [5, 5.41) is 11.6. The first-order chi connectivity index (χ1) is 9.13. The average Bonchev–Trinajstić information content (AvgIpc) is 2.41. The van der Waals surface area contributed by atoms with E-state index in [9.17, 15) is 9.59 Å². The lowest BCUT2D eigenvalue weighted by Gasteiger charge is -2.25.